The first-order chi connectivity index (χ1) is 8.41. The monoisotopic (exact) mass is 270 g/mol. The van der Waals surface area contributed by atoms with Crippen molar-refractivity contribution in [3.05, 3.63) is 29.0 Å². The van der Waals surface area contributed by atoms with Crippen LogP contribution in [0.2, 0.25) is 5.15 Å². The summed E-state index contributed by atoms with van der Waals surface area (Å²) in [6.07, 6.45) is 1.41. The normalized spacial score (nSPS) is 9.83. The quantitative estimate of drug-likeness (QED) is 0.677. The smallest absolute Gasteiger partial charge is 0.257 e. The van der Waals surface area contributed by atoms with Crippen molar-refractivity contribution in [1.82, 2.24) is 9.88 Å². The van der Waals surface area contributed by atoms with E-state index in [9.17, 15) is 14.4 Å². The summed E-state index contributed by atoms with van der Waals surface area (Å²) in [6, 6.07) is 2.93. The number of pyridine rings is 1. The third-order valence-corrected chi connectivity index (χ3v) is 2.27. The molecular formula is C10H11ClN4O3. The van der Waals surface area contributed by atoms with Crippen molar-refractivity contribution in [3.63, 3.8) is 0 Å². The van der Waals surface area contributed by atoms with Crippen molar-refractivity contribution in [1.29, 1.82) is 0 Å². The number of primary amides is 2. The first-order valence-electron chi connectivity index (χ1n) is 4.88. The Bertz CT molecular complexity index is 476. The van der Waals surface area contributed by atoms with Crippen molar-refractivity contribution < 1.29 is 14.4 Å². The highest BCUT2D eigenvalue weighted by Crippen LogP contribution is 2.14. The molecule has 1 aromatic rings. The van der Waals surface area contributed by atoms with Crippen LogP contribution in [0, 0.1) is 0 Å². The number of halogens is 1. The van der Waals surface area contributed by atoms with Crippen molar-refractivity contribution in [2.24, 2.45) is 11.5 Å². The molecule has 0 fully saturated rings. The van der Waals surface area contributed by atoms with Crippen LogP contribution in [0.5, 0.6) is 0 Å². The van der Waals surface area contributed by atoms with Gasteiger partial charge in [0.15, 0.2) is 0 Å². The Morgan fingerprint density at radius 3 is 2.22 bits per heavy atom. The highest BCUT2D eigenvalue weighted by molar-refractivity contribution is 6.32. The van der Waals surface area contributed by atoms with Gasteiger partial charge in [-0.3, -0.25) is 14.4 Å². The summed E-state index contributed by atoms with van der Waals surface area (Å²) in [7, 11) is 0. The third kappa shape index (κ3) is 3.70. The molecule has 0 saturated carbocycles. The highest BCUT2D eigenvalue weighted by atomic mass is 35.5. The van der Waals surface area contributed by atoms with Crippen LogP contribution < -0.4 is 11.5 Å². The minimum absolute atomic E-state index is 0.0264. The second-order valence-corrected chi connectivity index (χ2v) is 3.79. The third-order valence-electron chi connectivity index (χ3n) is 1.97. The molecule has 96 valence electrons. The predicted molar refractivity (Wildman–Crippen MR) is 63.5 cm³/mol. The number of nitrogens with zero attached hydrogens (tertiary/aromatic N) is 2. The van der Waals surface area contributed by atoms with Gasteiger partial charge in [0.1, 0.15) is 18.2 Å². The molecule has 0 aliphatic carbocycles. The average Bonchev–Trinajstić information content (AvgIpc) is 2.26. The number of hydrogen-bond donors (Lipinski definition) is 2. The Labute approximate surface area is 108 Å². The van der Waals surface area contributed by atoms with Crippen molar-refractivity contribution >= 4 is 29.3 Å². The fourth-order valence-corrected chi connectivity index (χ4v) is 1.49. The average molecular weight is 271 g/mol. The van der Waals surface area contributed by atoms with Crippen LogP contribution in [0.4, 0.5) is 0 Å². The van der Waals surface area contributed by atoms with Gasteiger partial charge in [0.25, 0.3) is 5.91 Å². The largest absolute Gasteiger partial charge is 0.368 e. The van der Waals surface area contributed by atoms with Gasteiger partial charge in [-0.05, 0) is 12.1 Å². The summed E-state index contributed by atoms with van der Waals surface area (Å²) in [5.41, 5.74) is 10.0. The highest BCUT2D eigenvalue weighted by Gasteiger charge is 2.21. The maximum Gasteiger partial charge on any atom is 0.257 e. The molecule has 1 aromatic heterocycles. The van der Waals surface area contributed by atoms with Gasteiger partial charge in [0, 0.05) is 6.20 Å². The van der Waals surface area contributed by atoms with Crippen LogP contribution in [-0.4, -0.2) is 40.7 Å². The Balaban J connectivity index is 2.98. The van der Waals surface area contributed by atoms with Gasteiger partial charge in [0.2, 0.25) is 11.8 Å². The number of nitrogens with two attached hydrogens (primary N) is 2. The molecule has 8 heteroatoms. The van der Waals surface area contributed by atoms with E-state index in [4.69, 9.17) is 23.1 Å². The van der Waals surface area contributed by atoms with Crippen LogP contribution >= 0.6 is 11.6 Å². The van der Waals surface area contributed by atoms with Crippen LogP contribution in [0.15, 0.2) is 18.3 Å². The SMILES string of the molecule is NC(=O)CN(CC(N)=O)C(=O)c1cccnc1Cl. The molecule has 0 unspecified atom stereocenters. The molecular weight excluding hydrogens is 260 g/mol. The van der Waals surface area contributed by atoms with E-state index in [-0.39, 0.29) is 10.7 Å². The zero-order valence-corrected chi connectivity index (χ0v) is 10.1. The molecule has 1 heterocycles. The number of amides is 3. The maximum absolute atomic E-state index is 12.0. The zero-order valence-electron chi connectivity index (χ0n) is 9.30. The second kappa shape index (κ2) is 5.97. The van der Waals surface area contributed by atoms with E-state index in [1.54, 1.807) is 0 Å². The first-order valence-corrected chi connectivity index (χ1v) is 5.26. The summed E-state index contributed by atoms with van der Waals surface area (Å²) in [5.74, 6) is -2.15. The molecule has 4 N–H and O–H groups in total. The molecule has 0 aliphatic rings. The molecule has 18 heavy (non-hydrogen) atoms. The number of carbonyl (C=O) groups is 3. The summed E-state index contributed by atoms with van der Waals surface area (Å²) in [5, 5.41) is -0.0264. The van der Waals surface area contributed by atoms with Gasteiger partial charge in [-0.15, -0.1) is 0 Å². The maximum atomic E-state index is 12.0. The fourth-order valence-electron chi connectivity index (χ4n) is 1.29. The molecule has 3 amide bonds. The molecule has 0 spiro atoms. The molecule has 0 aromatic carbocycles. The topological polar surface area (TPSA) is 119 Å². The van der Waals surface area contributed by atoms with Crippen molar-refractivity contribution in [3.8, 4) is 0 Å². The Hall–Kier alpha value is -2.15. The Kier molecular flexibility index (Phi) is 4.61. The van der Waals surface area contributed by atoms with Crippen molar-refractivity contribution in [2.45, 2.75) is 0 Å². The lowest BCUT2D eigenvalue weighted by Crippen LogP contribution is -2.43. The van der Waals surface area contributed by atoms with E-state index in [1.807, 2.05) is 0 Å². The minimum Gasteiger partial charge on any atom is -0.368 e. The lowest BCUT2D eigenvalue weighted by atomic mass is 10.2. The molecule has 0 aliphatic heterocycles. The van der Waals surface area contributed by atoms with Crippen LogP contribution in [-0.2, 0) is 9.59 Å². The predicted octanol–water partition coefficient (Wildman–Crippen LogP) is -0.852. The van der Waals surface area contributed by atoms with Crippen LogP contribution in [0.3, 0.4) is 0 Å². The van der Waals surface area contributed by atoms with Gasteiger partial charge in [-0.2, -0.15) is 0 Å². The standard InChI is InChI=1S/C10H11ClN4O3/c11-9-6(2-1-3-14-9)10(18)15(4-7(12)16)5-8(13)17/h1-3H,4-5H2,(H2,12,16)(H2,13,17). The number of carbonyl (C=O) groups excluding carboxylic acids is 3. The second-order valence-electron chi connectivity index (χ2n) is 3.44. The summed E-state index contributed by atoms with van der Waals surface area (Å²) < 4.78 is 0. The fraction of sp³-hybridized carbons (Fsp3) is 0.200. The van der Waals surface area contributed by atoms with Gasteiger partial charge in [-0.25, -0.2) is 4.98 Å². The van der Waals surface area contributed by atoms with Gasteiger partial charge in [0.05, 0.1) is 5.56 Å². The van der Waals surface area contributed by atoms with Gasteiger partial charge in [-0.1, -0.05) is 11.6 Å². The van der Waals surface area contributed by atoms with E-state index in [0.717, 1.165) is 4.90 Å². The van der Waals surface area contributed by atoms with E-state index >= 15 is 0 Å². The molecule has 0 atom stereocenters. The minimum atomic E-state index is -0.760. The number of rotatable bonds is 5. The lowest BCUT2D eigenvalue weighted by Gasteiger charge is -2.19. The van der Waals surface area contributed by atoms with E-state index in [2.05, 4.69) is 4.98 Å². The van der Waals surface area contributed by atoms with Crippen molar-refractivity contribution in [2.75, 3.05) is 13.1 Å². The molecule has 0 saturated heterocycles. The van der Waals surface area contributed by atoms with E-state index in [1.165, 1.54) is 18.3 Å². The number of hydrogen-bond acceptors (Lipinski definition) is 4. The molecule has 0 bridgehead atoms. The van der Waals surface area contributed by atoms with E-state index < -0.39 is 30.8 Å². The summed E-state index contributed by atoms with van der Waals surface area (Å²) in [4.78, 5) is 38.3. The summed E-state index contributed by atoms with van der Waals surface area (Å²) >= 11 is 5.75. The lowest BCUT2D eigenvalue weighted by molar-refractivity contribution is -0.121. The molecule has 7 nitrogen and oxygen atoms in total. The Morgan fingerprint density at radius 2 is 1.78 bits per heavy atom. The number of aromatic nitrogens is 1. The van der Waals surface area contributed by atoms with Gasteiger partial charge < -0.3 is 16.4 Å². The van der Waals surface area contributed by atoms with Crippen LogP contribution in [0.25, 0.3) is 0 Å². The molecule has 0 radical (unpaired) electrons. The Morgan fingerprint density at radius 1 is 1.22 bits per heavy atom. The van der Waals surface area contributed by atoms with Gasteiger partial charge >= 0.3 is 0 Å². The van der Waals surface area contributed by atoms with E-state index in [0.29, 0.717) is 0 Å². The molecule has 1 rings (SSSR count). The first kappa shape index (κ1) is 13.9. The van der Waals surface area contributed by atoms with Crippen LogP contribution in [0.1, 0.15) is 10.4 Å². The zero-order chi connectivity index (χ0) is 13.7. The summed E-state index contributed by atoms with van der Waals surface area (Å²) in [6.45, 7) is -0.847.